The molecule has 0 aliphatic carbocycles. The number of halogens is 1. The molecule has 21 heavy (non-hydrogen) atoms. The van der Waals surface area contributed by atoms with Crippen LogP contribution >= 0.6 is 24.0 Å². The summed E-state index contributed by atoms with van der Waals surface area (Å²) in [6, 6.07) is 0.205. The summed E-state index contributed by atoms with van der Waals surface area (Å²) in [6.07, 6.45) is -0.266. The van der Waals surface area contributed by atoms with Gasteiger partial charge >= 0.3 is 6.09 Å². The minimum atomic E-state index is -0.451. The average Bonchev–Trinajstić information content (AvgIpc) is 2.28. The van der Waals surface area contributed by atoms with E-state index >= 15 is 0 Å². The van der Waals surface area contributed by atoms with Crippen molar-refractivity contribution in [3.05, 3.63) is 0 Å². The molecule has 0 aromatic rings. The first-order chi connectivity index (χ1) is 9.35. The van der Waals surface area contributed by atoms with Gasteiger partial charge in [-0.15, -0.1) is 24.0 Å². The van der Waals surface area contributed by atoms with Crippen molar-refractivity contribution in [3.8, 4) is 0 Å². The monoisotopic (exact) mass is 414 g/mol. The second-order valence-electron chi connectivity index (χ2n) is 5.72. The second-order valence-corrected chi connectivity index (χ2v) is 5.72. The van der Waals surface area contributed by atoms with E-state index < -0.39 is 5.60 Å². The molecule has 0 unspecified atom stereocenters. The Bertz CT molecular complexity index is 352. The predicted octanol–water partition coefficient (Wildman–Crippen LogP) is 1.04. The van der Waals surface area contributed by atoms with E-state index in [1.165, 1.54) is 0 Å². The quantitative estimate of drug-likeness (QED) is 0.311. The molecule has 0 aromatic heterocycles. The van der Waals surface area contributed by atoms with Crippen LogP contribution in [0.2, 0.25) is 0 Å². The number of carbonyl (C=O) groups is 1. The summed E-state index contributed by atoms with van der Waals surface area (Å²) in [7, 11) is 3.37. The van der Waals surface area contributed by atoms with Gasteiger partial charge < -0.3 is 25.0 Å². The molecule has 1 fully saturated rings. The van der Waals surface area contributed by atoms with Gasteiger partial charge in [0.25, 0.3) is 0 Å². The number of methoxy groups -OCH3 is 1. The van der Waals surface area contributed by atoms with Crippen molar-refractivity contribution in [2.75, 3.05) is 40.4 Å². The highest BCUT2D eigenvalue weighted by molar-refractivity contribution is 14.0. The zero-order chi connectivity index (χ0) is 15.2. The molecule has 1 rings (SSSR count). The van der Waals surface area contributed by atoms with E-state index in [2.05, 4.69) is 15.6 Å². The Balaban J connectivity index is 0.00000400. The Morgan fingerprint density at radius 2 is 2.00 bits per heavy atom. The Morgan fingerprint density at radius 3 is 2.48 bits per heavy atom. The molecule has 0 saturated carbocycles. The number of ether oxygens (including phenoxy) is 2. The number of nitrogens with one attached hydrogen (secondary N) is 2. The number of rotatable bonds is 4. The number of hydrogen-bond donors (Lipinski definition) is 2. The van der Waals surface area contributed by atoms with Crippen molar-refractivity contribution >= 4 is 36.0 Å². The Hall–Kier alpha value is -0.770. The molecule has 1 aliphatic heterocycles. The van der Waals surface area contributed by atoms with Crippen LogP contribution in [0.25, 0.3) is 0 Å². The fourth-order valence-electron chi connectivity index (χ4n) is 1.70. The first kappa shape index (κ1) is 20.2. The van der Waals surface area contributed by atoms with Crippen LogP contribution in [0.1, 0.15) is 20.8 Å². The lowest BCUT2D eigenvalue weighted by atomic mass is 10.1. The lowest BCUT2D eigenvalue weighted by Gasteiger charge is -2.40. The van der Waals surface area contributed by atoms with Gasteiger partial charge in [-0.1, -0.05) is 0 Å². The van der Waals surface area contributed by atoms with Gasteiger partial charge in [0, 0.05) is 33.8 Å². The van der Waals surface area contributed by atoms with Crippen LogP contribution in [0.5, 0.6) is 0 Å². The summed E-state index contributed by atoms with van der Waals surface area (Å²) < 4.78 is 10.3. The van der Waals surface area contributed by atoms with Crippen molar-refractivity contribution in [2.24, 2.45) is 4.99 Å². The maximum atomic E-state index is 11.8. The highest BCUT2D eigenvalue weighted by atomic mass is 127. The zero-order valence-electron chi connectivity index (χ0n) is 13.4. The summed E-state index contributed by atoms with van der Waals surface area (Å²) in [6.45, 7) is 8.15. The minimum Gasteiger partial charge on any atom is -0.444 e. The fourth-order valence-corrected chi connectivity index (χ4v) is 1.70. The molecular formula is C13H27IN4O3. The molecule has 1 amide bonds. The van der Waals surface area contributed by atoms with Crippen molar-refractivity contribution in [1.29, 1.82) is 0 Å². The maximum Gasteiger partial charge on any atom is 0.410 e. The van der Waals surface area contributed by atoms with Crippen LogP contribution in [0.3, 0.4) is 0 Å². The largest absolute Gasteiger partial charge is 0.444 e. The number of amides is 1. The number of carbonyl (C=O) groups excluding carboxylic acids is 1. The summed E-state index contributed by atoms with van der Waals surface area (Å²) in [5.74, 6) is 0.718. The van der Waals surface area contributed by atoms with Gasteiger partial charge in [-0.3, -0.25) is 4.99 Å². The van der Waals surface area contributed by atoms with E-state index in [9.17, 15) is 4.79 Å². The molecule has 124 valence electrons. The van der Waals surface area contributed by atoms with Gasteiger partial charge in [0.05, 0.1) is 12.6 Å². The zero-order valence-corrected chi connectivity index (χ0v) is 15.8. The second kappa shape index (κ2) is 9.29. The molecule has 1 saturated heterocycles. The molecule has 0 radical (unpaired) electrons. The third-order valence-corrected chi connectivity index (χ3v) is 2.70. The number of guanidine groups is 1. The van der Waals surface area contributed by atoms with Crippen LogP contribution in [-0.2, 0) is 9.47 Å². The average molecular weight is 414 g/mol. The summed E-state index contributed by atoms with van der Waals surface area (Å²) in [5.41, 5.74) is -0.451. The smallest absolute Gasteiger partial charge is 0.410 e. The van der Waals surface area contributed by atoms with Crippen molar-refractivity contribution in [3.63, 3.8) is 0 Å². The van der Waals surface area contributed by atoms with Gasteiger partial charge in [-0.2, -0.15) is 0 Å². The van der Waals surface area contributed by atoms with Gasteiger partial charge in [0.1, 0.15) is 5.60 Å². The Kier molecular flexibility index (Phi) is 8.95. The lowest BCUT2D eigenvalue weighted by molar-refractivity contribution is 0.00701. The molecule has 0 atom stereocenters. The lowest BCUT2D eigenvalue weighted by Crippen LogP contribution is -2.63. The van der Waals surface area contributed by atoms with Gasteiger partial charge in [0.2, 0.25) is 0 Å². The van der Waals surface area contributed by atoms with Crippen LogP contribution in [0.4, 0.5) is 4.79 Å². The van der Waals surface area contributed by atoms with E-state index in [4.69, 9.17) is 9.47 Å². The molecule has 8 heteroatoms. The highest BCUT2D eigenvalue weighted by Crippen LogP contribution is 2.14. The maximum absolute atomic E-state index is 11.8. The molecule has 0 spiro atoms. The van der Waals surface area contributed by atoms with Crippen LogP contribution in [-0.4, -0.2) is 69.0 Å². The van der Waals surface area contributed by atoms with Crippen molar-refractivity contribution in [1.82, 2.24) is 15.5 Å². The third-order valence-electron chi connectivity index (χ3n) is 2.70. The molecular weight excluding hydrogens is 387 g/mol. The molecule has 0 aromatic carbocycles. The number of hydrogen-bond acceptors (Lipinski definition) is 4. The molecule has 7 nitrogen and oxygen atoms in total. The van der Waals surface area contributed by atoms with E-state index in [-0.39, 0.29) is 36.1 Å². The van der Waals surface area contributed by atoms with E-state index in [1.54, 1.807) is 19.1 Å². The Labute approximate surface area is 143 Å². The normalized spacial score (nSPS) is 15.9. The van der Waals surface area contributed by atoms with Crippen LogP contribution < -0.4 is 10.6 Å². The van der Waals surface area contributed by atoms with E-state index in [0.717, 1.165) is 5.96 Å². The molecule has 0 bridgehead atoms. The van der Waals surface area contributed by atoms with E-state index in [0.29, 0.717) is 26.2 Å². The highest BCUT2D eigenvalue weighted by Gasteiger charge is 2.34. The third kappa shape index (κ3) is 7.70. The summed E-state index contributed by atoms with van der Waals surface area (Å²) >= 11 is 0. The fraction of sp³-hybridized carbons (Fsp3) is 0.846. The van der Waals surface area contributed by atoms with Crippen molar-refractivity contribution in [2.45, 2.75) is 32.4 Å². The first-order valence-corrected chi connectivity index (χ1v) is 6.79. The first-order valence-electron chi connectivity index (χ1n) is 6.79. The minimum absolute atomic E-state index is 0. The number of likely N-dealkylation sites (tertiary alicyclic amines) is 1. The van der Waals surface area contributed by atoms with Gasteiger partial charge in [-0.25, -0.2) is 4.79 Å². The Morgan fingerprint density at radius 1 is 1.38 bits per heavy atom. The van der Waals surface area contributed by atoms with Gasteiger partial charge in [-0.05, 0) is 20.8 Å². The number of aliphatic imine (C=N–C) groups is 1. The molecule has 2 N–H and O–H groups in total. The SMILES string of the molecule is CN=C(NCCOC)NC1CN(C(=O)OC(C)(C)C)C1.I. The summed E-state index contributed by atoms with van der Waals surface area (Å²) in [4.78, 5) is 17.6. The topological polar surface area (TPSA) is 75.2 Å². The molecule has 1 heterocycles. The predicted molar refractivity (Wildman–Crippen MR) is 93.4 cm³/mol. The number of nitrogens with zero attached hydrogens (tertiary/aromatic N) is 2. The van der Waals surface area contributed by atoms with Gasteiger partial charge in [0.15, 0.2) is 5.96 Å². The molecule has 1 aliphatic rings. The van der Waals surface area contributed by atoms with Crippen molar-refractivity contribution < 1.29 is 14.3 Å². The van der Waals surface area contributed by atoms with E-state index in [1.807, 2.05) is 20.8 Å². The van der Waals surface area contributed by atoms with Crippen LogP contribution in [0, 0.1) is 0 Å². The standard InChI is InChI=1S/C13H26N4O3.HI/c1-13(2,3)20-12(18)17-8-10(9-17)16-11(14-4)15-6-7-19-5;/h10H,6-9H2,1-5H3,(H2,14,15,16);1H. The summed E-state index contributed by atoms with van der Waals surface area (Å²) in [5, 5.41) is 6.37. The van der Waals surface area contributed by atoms with Crippen LogP contribution in [0.15, 0.2) is 4.99 Å².